The average molecular weight is 686 g/mol. The van der Waals surface area contributed by atoms with Gasteiger partial charge in [0.1, 0.15) is 17.0 Å². The normalized spacial score (nSPS) is 17.9. The van der Waals surface area contributed by atoms with E-state index in [4.69, 9.17) is 15.2 Å². The first-order valence-corrected chi connectivity index (χ1v) is 16.2. The van der Waals surface area contributed by atoms with Crippen molar-refractivity contribution in [3.8, 4) is 0 Å². The molecule has 2 atom stereocenters. The number of ether oxygens (including phenoxy) is 2. The van der Waals surface area contributed by atoms with Gasteiger partial charge in [0.25, 0.3) is 5.56 Å². The molecule has 16 nitrogen and oxygen atoms in total. The van der Waals surface area contributed by atoms with Crippen molar-refractivity contribution in [2.45, 2.75) is 90.8 Å². The van der Waals surface area contributed by atoms with Crippen molar-refractivity contribution < 1.29 is 33.1 Å². The molecule has 2 fully saturated rings. The number of hydrogen-bond acceptors (Lipinski definition) is 10. The molecule has 0 radical (unpaired) electrons. The van der Waals surface area contributed by atoms with Crippen LogP contribution in [0.2, 0.25) is 0 Å². The number of likely N-dealkylation sites (tertiary alicyclic amines) is 2. The Kier molecular flexibility index (Phi) is 13.2. The van der Waals surface area contributed by atoms with Gasteiger partial charge < -0.3 is 25.0 Å². The van der Waals surface area contributed by atoms with E-state index >= 15 is 0 Å². The maximum atomic E-state index is 12.2. The van der Waals surface area contributed by atoms with Crippen LogP contribution in [0.5, 0.6) is 0 Å². The number of nitrogens with zero attached hydrogens (tertiary/aromatic N) is 5. The topological polar surface area (TPSA) is 209 Å². The van der Waals surface area contributed by atoms with Crippen LogP contribution in [0.4, 0.5) is 15.4 Å². The van der Waals surface area contributed by atoms with Gasteiger partial charge in [-0.05, 0) is 73.3 Å². The van der Waals surface area contributed by atoms with Gasteiger partial charge in [0.2, 0.25) is 0 Å². The standard InChI is InChI=1S/C16H22N4O3.C14H22NO5.C3H5N3/c1-16(2,3)23-15(22)19-8-4-5-11(10-19)12-9-14(21)20-13(18-12)6-7-17-20;1-14(2,3)20-13(18)15-7-5-6-10(9-15)11(16)8-12(17)19-4;4-3-1-2-5-6-3/h6-7,9,11,17H,4-5,8,10H2,1-3H3;10H,4-9H2,1-3H3;1-2H,(H3,4,5,6)/q;+1;. The van der Waals surface area contributed by atoms with E-state index < -0.39 is 23.3 Å². The molecule has 5 rings (SSSR count). The molecule has 0 aliphatic carbocycles. The zero-order chi connectivity index (χ0) is 36.4. The van der Waals surface area contributed by atoms with E-state index in [1.54, 1.807) is 56.3 Å². The van der Waals surface area contributed by atoms with Gasteiger partial charge in [0.05, 0.1) is 11.9 Å². The van der Waals surface area contributed by atoms with E-state index in [0.717, 1.165) is 25.0 Å². The van der Waals surface area contributed by atoms with Crippen LogP contribution in [0.3, 0.4) is 0 Å². The third kappa shape index (κ3) is 12.5. The van der Waals surface area contributed by atoms with Crippen molar-refractivity contribution in [3.63, 3.8) is 0 Å². The smallest absolute Gasteiger partial charge is 0.444 e. The van der Waals surface area contributed by atoms with Gasteiger partial charge >= 0.3 is 18.2 Å². The third-order valence-corrected chi connectivity index (χ3v) is 7.42. The number of rotatable bonds is 4. The number of amides is 2. The number of anilines is 1. The lowest BCUT2D eigenvalue weighted by molar-refractivity contribution is -0.367. The summed E-state index contributed by atoms with van der Waals surface area (Å²) in [6.07, 6.45) is 5.44. The fourth-order valence-electron chi connectivity index (χ4n) is 5.20. The molecule has 2 unspecified atom stereocenters. The van der Waals surface area contributed by atoms with E-state index in [1.807, 2.05) is 20.8 Å². The van der Waals surface area contributed by atoms with Crippen LogP contribution in [-0.2, 0) is 23.5 Å². The summed E-state index contributed by atoms with van der Waals surface area (Å²) in [5, 5.41) is 8.93. The Hall–Kier alpha value is -5.02. The molecule has 49 heavy (non-hydrogen) atoms. The summed E-state index contributed by atoms with van der Waals surface area (Å²) >= 11 is 0. The molecule has 3 aromatic rings. The first kappa shape index (κ1) is 38.4. The van der Waals surface area contributed by atoms with Crippen molar-refractivity contribution in [1.82, 2.24) is 34.6 Å². The van der Waals surface area contributed by atoms with E-state index in [1.165, 1.54) is 9.42 Å². The Morgan fingerprint density at radius 2 is 1.59 bits per heavy atom. The van der Waals surface area contributed by atoms with Gasteiger partial charge in [-0.3, -0.25) is 24.2 Å². The maximum Gasteiger partial charge on any atom is 0.586 e. The van der Waals surface area contributed by atoms with Crippen LogP contribution in [-0.4, -0.2) is 103 Å². The molecule has 0 spiro atoms. The number of aromatic amines is 2. The number of nitrogen functional groups attached to an aromatic ring is 1. The zero-order valence-corrected chi connectivity index (χ0v) is 29.2. The van der Waals surface area contributed by atoms with Crippen molar-refractivity contribution in [1.29, 1.82) is 0 Å². The number of aromatic nitrogens is 5. The number of fused-ring (bicyclic) bond motifs is 1. The highest BCUT2D eigenvalue weighted by Crippen LogP contribution is 2.26. The van der Waals surface area contributed by atoms with E-state index in [2.05, 4.69) is 31.5 Å². The highest BCUT2D eigenvalue weighted by atomic mass is 16.6. The lowest BCUT2D eigenvalue weighted by Gasteiger charge is -2.33. The Morgan fingerprint density at radius 3 is 2.12 bits per heavy atom. The maximum absolute atomic E-state index is 12.2. The second-order valence-electron chi connectivity index (χ2n) is 13.9. The van der Waals surface area contributed by atoms with Gasteiger partial charge in [-0.25, -0.2) is 19.1 Å². The molecule has 4 N–H and O–H groups in total. The minimum absolute atomic E-state index is 0.0591. The van der Waals surface area contributed by atoms with Crippen LogP contribution in [0.1, 0.15) is 85.3 Å². The molecule has 268 valence electrons. The molecule has 2 saturated heterocycles. The average Bonchev–Trinajstić information content (AvgIpc) is 3.72. The predicted molar refractivity (Wildman–Crippen MR) is 181 cm³/mol. The number of carbonyl (C=O) groups is 4. The van der Waals surface area contributed by atoms with E-state index in [0.29, 0.717) is 37.5 Å². The van der Waals surface area contributed by atoms with Crippen molar-refractivity contribution >= 4 is 42.2 Å². The van der Waals surface area contributed by atoms with Crippen LogP contribution in [0, 0.1) is 5.92 Å². The van der Waals surface area contributed by atoms with E-state index in [9.17, 15) is 24.0 Å². The lowest BCUT2D eigenvalue weighted by Crippen LogP contribution is -2.44. The SMILES string of the molecule is C=[O+]C(=O)CC(=O)C1CCCN(C(=O)OC(C)(C)C)C1.CC(C)(C)OC(=O)N1CCCC(c2cc(=O)n3[nH]ccc3n2)C1.Nc1ccn[nH]1. The molecular weight excluding hydrogens is 636 g/mol. The van der Waals surface area contributed by atoms with Crippen molar-refractivity contribution in [2.75, 3.05) is 31.9 Å². The predicted octanol–water partition coefficient (Wildman–Crippen LogP) is 3.61. The van der Waals surface area contributed by atoms with Gasteiger partial charge in [0.15, 0.2) is 24.6 Å². The van der Waals surface area contributed by atoms with E-state index in [-0.39, 0.29) is 42.2 Å². The molecule has 0 aromatic carbocycles. The summed E-state index contributed by atoms with van der Waals surface area (Å²) in [5.41, 5.74) is 5.29. The van der Waals surface area contributed by atoms with Crippen LogP contribution >= 0.6 is 0 Å². The first-order chi connectivity index (χ1) is 23.0. The summed E-state index contributed by atoms with van der Waals surface area (Å²) in [4.78, 5) is 67.0. The summed E-state index contributed by atoms with van der Waals surface area (Å²) in [7, 11) is 0. The summed E-state index contributed by atoms with van der Waals surface area (Å²) in [5.74, 6) is -0.537. The molecular formula is C33H49N8O8+. The Labute approximate surface area is 285 Å². The Bertz CT molecular complexity index is 1630. The number of ketones is 1. The molecule has 0 saturated carbocycles. The van der Waals surface area contributed by atoms with Gasteiger partial charge in [-0.15, -0.1) is 0 Å². The summed E-state index contributed by atoms with van der Waals surface area (Å²) in [6, 6.07) is 5.01. The Morgan fingerprint density at radius 1 is 0.980 bits per heavy atom. The summed E-state index contributed by atoms with van der Waals surface area (Å²) in [6.45, 7) is 16.0. The Balaban J connectivity index is 0.000000228. The molecule has 16 heteroatoms. The zero-order valence-electron chi connectivity index (χ0n) is 29.2. The minimum atomic E-state index is -0.649. The van der Waals surface area contributed by atoms with Gasteiger partial charge in [-0.1, -0.05) is 0 Å². The molecule has 2 aliphatic heterocycles. The fourth-order valence-corrected chi connectivity index (χ4v) is 5.20. The first-order valence-electron chi connectivity index (χ1n) is 16.2. The van der Waals surface area contributed by atoms with Crippen molar-refractivity contribution in [2.24, 2.45) is 5.92 Å². The molecule has 0 bridgehead atoms. The number of nitrogens with two attached hydrogens (primary N) is 1. The third-order valence-electron chi connectivity index (χ3n) is 7.42. The molecule has 2 amide bonds. The number of H-pyrrole nitrogens is 2. The monoisotopic (exact) mass is 685 g/mol. The van der Waals surface area contributed by atoms with Gasteiger partial charge in [0, 0.05) is 61.1 Å². The van der Waals surface area contributed by atoms with Crippen LogP contribution < -0.4 is 11.3 Å². The number of piperidine rings is 2. The molecule has 3 aromatic heterocycles. The number of Topliss-reactive ketones (excluding diaryl/α,β-unsaturated/α-hetero) is 1. The second-order valence-corrected chi connectivity index (χ2v) is 13.9. The second kappa shape index (κ2) is 16.9. The van der Waals surface area contributed by atoms with Gasteiger partial charge in [-0.2, -0.15) is 5.10 Å². The van der Waals surface area contributed by atoms with Crippen molar-refractivity contribution in [3.05, 3.63) is 46.6 Å². The minimum Gasteiger partial charge on any atom is -0.444 e. The fraction of sp³-hybridized carbons (Fsp3) is 0.576. The summed E-state index contributed by atoms with van der Waals surface area (Å²) < 4.78 is 16.4. The molecule has 2 aliphatic rings. The number of carbonyl (C=O) groups excluding carboxylic acids is 5. The van der Waals surface area contributed by atoms with Crippen LogP contribution in [0.15, 0.2) is 35.4 Å². The molecule has 5 heterocycles. The largest absolute Gasteiger partial charge is 0.586 e. The highest BCUT2D eigenvalue weighted by Gasteiger charge is 2.34. The van der Waals surface area contributed by atoms with Crippen LogP contribution in [0.25, 0.3) is 5.65 Å². The number of hydrogen-bond donors (Lipinski definition) is 3. The number of nitrogens with one attached hydrogen (secondary N) is 2. The lowest BCUT2D eigenvalue weighted by atomic mass is 9.92. The quantitative estimate of drug-likeness (QED) is 0.268. The highest BCUT2D eigenvalue weighted by molar-refractivity contribution is 5.96.